The first-order valence-corrected chi connectivity index (χ1v) is 7.19. The van der Waals surface area contributed by atoms with Crippen LogP contribution in [-0.4, -0.2) is 19.1 Å². The van der Waals surface area contributed by atoms with Gasteiger partial charge in [-0.25, -0.2) is 0 Å². The average Bonchev–Trinajstić information content (AvgIpc) is 2.51. The number of hydrogen-bond donors (Lipinski definition) is 1. The summed E-state index contributed by atoms with van der Waals surface area (Å²) < 4.78 is 10.9. The predicted octanol–water partition coefficient (Wildman–Crippen LogP) is 3.72. The first-order chi connectivity index (χ1) is 10.5. The van der Waals surface area contributed by atoms with E-state index in [0.717, 1.165) is 22.6 Å². The van der Waals surface area contributed by atoms with Crippen LogP contribution in [0.1, 0.15) is 18.1 Å². The third kappa shape index (κ3) is 3.79. The zero-order valence-corrected chi connectivity index (χ0v) is 13.3. The molecule has 2 rings (SSSR count). The lowest BCUT2D eigenvalue weighted by molar-refractivity contribution is -0.122. The first-order valence-electron chi connectivity index (χ1n) is 7.19. The smallest absolute Gasteiger partial charge is 0.265 e. The molecular weight excluding hydrogens is 278 g/mol. The van der Waals surface area contributed by atoms with Crippen LogP contribution in [0.15, 0.2) is 42.5 Å². The van der Waals surface area contributed by atoms with E-state index in [-0.39, 0.29) is 5.91 Å². The standard InChI is InChI=1S/C18H21NO3/c1-12-6-5-7-13(2)17(12)22-14(3)18(20)19-15-8-10-16(21-4)11-9-15/h5-11,14H,1-4H3,(H,19,20)/t14-/m1/s1. The van der Waals surface area contributed by atoms with E-state index in [2.05, 4.69) is 5.32 Å². The highest BCUT2D eigenvalue weighted by Gasteiger charge is 2.17. The maximum absolute atomic E-state index is 12.2. The molecule has 0 fully saturated rings. The lowest BCUT2D eigenvalue weighted by Crippen LogP contribution is -2.30. The van der Waals surface area contributed by atoms with E-state index in [4.69, 9.17) is 9.47 Å². The molecule has 22 heavy (non-hydrogen) atoms. The summed E-state index contributed by atoms with van der Waals surface area (Å²) >= 11 is 0. The Morgan fingerprint density at radius 1 is 1.05 bits per heavy atom. The third-order valence-electron chi connectivity index (χ3n) is 3.43. The molecule has 4 nitrogen and oxygen atoms in total. The summed E-state index contributed by atoms with van der Waals surface area (Å²) in [5.41, 5.74) is 2.75. The minimum atomic E-state index is -0.582. The number of anilines is 1. The molecule has 0 saturated carbocycles. The first kappa shape index (κ1) is 15.9. The molecule has 0 heterocycles. The van der Waals surface area contributed by atoms with E-state index in [1.165, 1.54) is 0 Å². The number of methoxy groups -OCH3 is 1. The highest BCUT2D eigenvalue weighted by atomic mass is 16.5. The number of aryl methyl sites for hydroxylation is 2. The summed E-state index contributed by atoms with van der Waals surface area (Å²) in [7, 11) is 1.61. The summed E-state index contributed by atoms with van der Waals surface area (Å²) in [6, 6.07) is 13.1. The maximum atomic E-state index is 12.2. The molecule has 0 unspecified atom stereocenters. The summed E-state index contributed by atoms with van der Waals surface area (Å²) in [5, 5.41) is 2.83. The Hall–Kier alpha value is -2.49. The number of ether oxygens (including phenoxy) is 2. The van der Waals surface area contributed by atoms with Crippen LogP contribution in [0.2, 0.25) is 0 Å². The van der Waals surface area contributed by atoms with Crippen molar-refractivity contribution < 1.29 is 14.3 Å². The SMILES string of the molecule is COc1ccc(NC(=O)[C@@H](C)Oc2c(C)cccc2C)cc1. The van der Waals surface area contributed by atoms with Gasteiger partial charge < -0.3 is 14.8 Å². The molecular formula is C18H21NO3. The molecule has 1 N–H and O–H groups in total. The van der Waals surface area contributed by atoms with Crippen LogP contribution >= 0.6 is 0 Å². The third-order valence-corrected chi connectivity index (χ3v) is 3.43. The van der Waals surface area contributed by atoms with E-state index in [1.807, 2.05) is 32.0 Å². The van der Waals surface area contributed by atoms with Crippen molar-refractivity contribution in [2.45, 2.75) is 26.9 Å². The maximum Gasteiger partial charge on any atom is 0.265 e. The van der Waals surface area contributed by atoms with Crippen molar-refractivity contribution in [3.63, 3.8) is 0 Å². The zero-order chi connectivity index (χ0) is 16.1. The second kappa shape index (κ2) is 6.98. The monoisotopic (exact) mass is 299 g/mol. The van der Waals surface area contributed by atoms with Crippen LogP contribution in [0.3, 0.4) is 0 Å². The molecule has 2 aromatic carbocycles. The minimum Gasteiger partial charge on any atom is -0.497 e. The number of rotatable bonds is 5. The largest absolute Gasteiger partial charge is 0.497 e. The summed E-state index contributed by atoms with van der Waals surface area (Å²) in [4.78, 5) is 12.2. The van der Waals surface area contributed by atoms with Crippen molar-refractivity contribution >= 4 is 11.6 Å². The fourth-order valence-corrected chi connectivity index (χ4v) is 2.13. The molecule has 0 aliphatic rings. The lowest BCUT2D eigenvalue weighted by Gasteiger charge is -2.18. The summed E-state index contributed by atoms with van der Waals surface area (Å²) in [6.07, 6.45) is -0.582. The average molecular weight is 299 g/mol. The molecule has 0 saturated heterocycles. The number of nitrogens with one attached hydrogen (secondary N) is 1. The van der Waals surface area contributed by atoms with Crippen LogP contribution in [0, 0.1) is 13.8 Å². The van der Waals surface area contributed by atoms with E-state index < -0.39 is 6.10 Å². The van der Waals surface area contributed by atoms with Gasteiger partial charge >= 0.3 is 0 Å². The molecule has 0 bridgehead atoms. The van der Waals surface area contributed by atoms with Gasteiger partial charge in [0.2, 0.25) is 0 Å². The molecule has 0 radical (unpaired) electrons. The zero-order valence-electron chi connectivity index (χ0n) is 13.3. The summed E-state index contributed by atoms with van der Waals surface area (Å²) in [6.45, 7) is 5.68. The number of hydrogen-bond acceptors (Lipinski definition) is 3. The molecule has 1 amide bonds. The van der Waals surface area contributed by atoms with Crippen molar-refractivity contribution in [1.29, 1.82) is 0 Å². The lowest BCUT2D eigenvalue weighted by atomic mass is 10.1. The van der Waals surface area contributed by atoms with Gasteiger partial charge in [-0.15, -0.1) is 0 Å². The Kier molecular flexibility index (Phi) is 5.04. The topological polar surface area (TPSA) is 47.6 Å². The Bertz CT molecular complexity index is 630. The van der Waals surface area contributed by atoms with Gasteiger partial charge in [-0.3, -0.25) is 4.79 Å². The molecule has 0 aliphatic carbocycles. The van der Waals surface area contributed by atoms with Crippen molar-refractivity contribution in [3.05, 3.63) is 53.6 Å². The van der Waals surface area contributed by atoms with Gasteiger partial charge in [0.1, 0.15) is 11.5 Å². The van der Waals surface area contributed by atoms with Crippen LogP contribution in [0.4, 0.5) is 5.69 Å². The van der Waals surface area contributed by atoms with E-state index in [1.54, 1.807) is 38.3 Å². The molecule has 0 spiro atoms. The fourth-order valence-electron chi connectivity index (χ4n) is 2.13. The molecule has 116 valence electrons. The van der Waals surface area contributed by atoms with Gasteiger partial charge in [-0.05, 0) is 56.2 Å². The fraction of sp³-hybridized carbons (Fsp3) is 0.278. The molecule has 2 aromatic rings. The molecule has 0 aromatic heterocycles. The van der Waals surface area contributed by atoms with Crippen molar-refractivity contribution in [2.75, 3.05) is 12.4 Å². The highest BCUT2D eigenvalue weighted by Crippen LogP contribution is 2.24. The van der Waals surface area contributed by atoms with Gasteiger partial charge in [0.25, 0.3) is 5.91 Å². The van der Waals surface area contributed by atoms with E-state index in [9.17, 15) is 4.79 Å². The second-order valence-corrected chi connectivity index (χ2v) is 5.20. The van der Waals surface area contributed by atoms with E-state index in [0.29, 0.717) is 5.69 Å². The Labute approximate surface area is 131 Å². The quantitative estimate of drug-likeness (QED) is 0.915. The van der Waals surface area contributed by atoms with Crippen LogP contribution in [0.5, 0.6) is 11.5 Å². The van der Waals surface area contributed by atoms with Crippen molar-refractivity contribution in [3.8, 4) is 11.5 Å². The molecule has 1 atom stereocenters. The molecule has 0 aliphatic heterocycles. The highest BCUT2D eigenvalue weighted by molar-refractivity contribution is 5.94. The van der Waals surface area contributed by atoms with Gasteiger partial charge in [-0.1, -0.05) is 18.2 Å². The van der Waals surface area contributed by atoms with Crippen LogP contribution in [-0.2, 0) is 4.79 Å². The van der Waals surface area contributed by atoms with Gasteiger partial charge in [0, 0.05) is 5.69 Å². The number of carbonyl (C=O) groups is 1. The van der Waals surface area contributed by atoms with Crippen LogP contribution in [0.25, 0.3) is 0 Å². The predicted molar refractivity (Wildman–Crippen MR) is 87.6 cm³/mol. The normalized spacial score (nSPS) is 11.6. The van der Waals surface area contributed by atoms with Crippen LogP contribution < -0.4 is 14.8 Å². The number of carbonyl (C=O) groups excluding carboxylic acids is 1. The van der Waals surface area contributed by atoms with Crippen molar-refractivity contribution in [2.24, 2.45) is 0 Å². The Morgan fingerprint density at radius 2 is 1.64 bits per heavy atom. The number of para-hydroxylation sites is 1. The second-order valence-electron chi connectivity index (χ2n) is 5.20. The Balaban J connectivity index is 2.02. The van der Waals surface area contributed by atoms with Gasteiger partial charge in [0.15, 0.2) is 6.10 Å². The number of amides is 1. The minimum absolute atomic E-state index is 0.187. The Morgan fingerprint density at radius 3 is 2.18 bits per heavy atom. The molecule has 4 heteroatoms. The summed E-state index contributed by atoms with van der Waals surface area (Å²) in [5.74, 6) is 1.32. The van der Waals surface area contributed by atoms with Crippen molar-refractivity contribution in [1.82, 2.24) is 0 Å². The van der Waals surface area contributed by atoms with E-state index >= 15 is 0 Å². The number of benzene rings is 2. The van der Waals surface area contributed by atoms with Gasteiger partial charge in [-0.2, -0.15) is 0 Å². The van der Waals surface area contributed by atoms with Gasteiger partial charge in [0.05, 0.1) is 7.11 Å².